The molecule has 166 valence electrons. The molecule has 0 saturated carbocycles. The molecule has 0 saturated heterocycles. The molecule has 0 atom stereocenters. The highest BCUT2D eigenvalue weighted by Gasteiger charge is 2.15. The number of carbonyl (C=O) groups is 2. The van der Waals surface area contributed by atoms with Gasteiger partial charge in [0, 0.05) is 11.4 Å². The minimum atomic E-state index is -3.80. The lowest BCUT2D eigenvalue weighted by atomic mass is 10.2. The fraction of sp³-hybridized carbons (Fsp3) is 0.130. The van der Waals surface area contributed by atoms with Crippen molar-refractivity contribution < 1.29 is 27.5 Å². The van der Waals surface area contributed by atoms with Gasteiger partial charge in [-0.2, -0.15) is 0 Å². The van der Waals surface area contributed by atoms with Crippen molar-refractivity contribution in [2.45, 2.75) is 11.8 Å². The molecule has 0 aliphatic rings. The molecule has 3 aromatic carbocycles. The first-order valence-electron chi connectivity index (χ1n) is 9.75. The first-order chi connectivity index (χ1) is 15.4. The highest BCUT2D eigenvalue weighted by atomic mass is 32.2. The average Bonchev–Trinajstić information content (AvgIpc) is 2.79. The third-order valence-corrected chi connectivity index (χ3v) is 5.61. The molecule has 0 aromatic heterocycles. The van der Waals surface area contributed by atoms with Gasteiger partial charge in [0.05, 0.1) is 17.1 Å². The summed E-state index contributed by atoms with van der Waals surface area (Å²) in [5, 5.41) is 2.61. The molecule has 8 nitrogen and oxygen atoms in total. The number of amides is 1. The summed E-state index contributed by atoms with van der Waals surface area (Å²) in [5.41, 5.74) is 1.05. The molecule has 32 heavy (non-hydrogen) atoms. The number of rotatable bonds is 9. The number of hydrogen-bond donors (Lipinski definition) is 2. The second-order valence-electron chi connectivity index (χ2n) is 6.58. The minimum Gasteiger partial charge on any atom is -0.494 e. The van der Waals surface area contributed by atoms with E-state index in [0.717, 1.165) is 0 Å². The van der Waals surface area contributed by atoms with Crippen molar-refractivity contribution in [3.63, 3.8) is 0 Å². The van der Waals surface area contributed by atoms with Gasteiger partial charge >= 0.3 is 5.97 Å². The van der Waals surface area contributed by atoms with Gasteiger partial charge in [-0.1, -0.05) is 18.2 Å². The molecular weight excluding hydrogens is 432 g/mol. The standard InChI is InChI=1S/C23H22N2O6S/c1-2-30-20-12-14-21(15-13-20)32(28,29)25-19-10-8-17(9-11-19)23(27)31-16-22(26)24-18-6-4-3-5-7-18/h3-15,25H,2,16H2,1H3,(H,24,26). The zero-order chi connectivity index (χ0) is 23.0. The molecular formula is C23H22N2O6S. The lowest BCUT2D eigenvalue weighted by Crippen LogP contribution is -2.20. The summed E-state index contributed by atoms with van der Waals surface area (Å²) in [6, 6.07) is 20.5. The number of para-hydroxylation sites is 1. The number of ether oxygens (including phenoxy) is 2. The van der Waals surface area contributed by atoms with E-state index >= 15 is 0 Å². The first-order valence-corrected chi connectivity index (χ1v) is 11.2. The van der Waals surface area contributed by atoms with Gasteiger partial charge in [0.2, 0.25) is 0 Å². The maximum atomic E-state index is 12.5. The van der Waals surface area contributed by atoms with Crippen LogP contribution in [0.15, 0.2) is 83.8 Å². The molecule has 3 rings (SSSR count). The molecule has 0 unspecified atom stereocenters. The monoisotopic (exact) mass is 454 g/mol. The van der Waals surface area contributed by atoms with Crippen molar-refractivity contribution in [1.82, 2.24) is 0 Å². The van der Waals surface area contributed by atoms with Gasteiger partial charge in [-0.05, 0) is 67.6 Å². The summed E-state index contributed by atoms with van der Waals surface area (Å²) in [4.78, 5) is 24.1. The zero-order valence-electron chi connectivity index (χ0n) is 17.3. The van der Waals surface area contributed by atoms with Crippen LogP contribution in [0.5, 0.6) is 5.75 Å². The van der Waals surface area contributed by atoms with Gasteiger partial charge in [-0.3, -0.25) is 9.52 Å². The van der Waals surface area contributed by atoms with Crippen LogP contribution in [0.4, 0.5) is 11.4 Å². The molecule has 0 heterocycles. The third-order valence-electron chi connectivity index (χ3n) is 4.21. The van der Waals surface area contributed by atoms with E-state index in [2.05, 4.69) is 10.0 Å². The van der Waals surface area contributed by atoms with Crippen molar-refractivity contribution in [3.05, 3.63) is 84.4 Å². The smallest absolute Gasteiger partial charge is 0.338 e. The first kappa shape index (κ1) is 22.8. The number of benzene rings is 3. The van der Waals surface area contributed by atoms with Crippen LogP contribution in [0.25, 0.3) is 0 Å². The van der Waals surface area contributed by atoms with Gasteiger partial charge in [0.15, 0.2) is 6.61 Å². The maximum Gasteiger partial charge on any atom is 0.338 e. The van der Waals surface area contributed by atoms with E-state index in [1.807, 2.05) is 13.0 Å². The summed E-state index contributed by atoms with van der Waals surface area (Å²) in [7, 11) is -3.80. The van der Waals surface area contributed by atoms with Gasteiger partial charge in [0.1, 0.15) is 5.75 Å². The van der Waals surface area contributed by atoms with Crippen LogP contribution in [0.1, 0.15) is 17.3 Å². The van der Waals surface area contributed by atoms with E-state index in [-0.39, 0.29) is 16.1 Å². The molecule has 0 bridgehead atoms. The maximum absolute atomic E-state index is 12.5. The highest BCUT2D eigenvalue weighted by molar-refractivity contribution is 7.92. The Labute approximate surface area is 186 Å². The Balaban J connectivity index is 1.55. The van der Waals surface area contributed by atoms with Crippen molar-refractivity contribution in [1.29, 1.82) is 0 Å². The Bertz CT molecular complexity index is 1160. The molecule has 1 amide bonds. The van der Waals surface area contributed by atoms with Crippen molar-refractivity contribution in [2.24, 2.45) is 0 Å². The topological polar surface area (TPSA) is 111 Å². The fourth-order valence-electron chi connectivity index (χ4n) is 2.70. The van der Waals surface area contributed by atoms with Crippen LogP contribution in [0.3, 0.4) is 0 Å². The number of nitrogens with one attached hydrogen (secondary N) is 2. The molecule has 0 aliphatic heterocycles. The van der Waals surface area contributed by atoms with Gasteiger partial charge < -0.3 is 14.8 Å². The van der Waals surface area contributed by atoms with Crippen LogP contribution in [-0.2, 0) is 19.6 Å². The number of carbonyl (C=O) groups excluding carboxylic acids is 2. The zero-order valence-corrected chi connectivity index (χ0v) is 18.1. The quantitative estimate of drug-likeness (QED) is 0.477. The Morgan fingerprint density at radius 3 is 2.12 bits per heavy atom. The lowest BCUT2D eigenvalue weighted by Gasteiger charge is -2.10. The molecule has 3 aromatic rings. The predicted octanol–water partition coefficient (Wildman–Crippen LogP) is 3.68. The van der Waals surface area contributed by atoms with E-state index in [1.54, 1.807) is 36.4 Å². The lowest BCUT2D eigenvalue weighted by molar-refractivity contribution is -0.119. The summed E-state index contributed by atoms with van der Waals surface area (Å²) in [6.07, 6.45) is 0. The van der Waals surface area contributed by atoms with E-state index in [4.69, 9.17) is 9.47 Å². The molecule has 0 aliphatic carbocycles. The van der Waals surface area contributed by atoms with E-state index in [0.29, 0.717) is 18.0 Å². The van der Waals surface area contributed by atoms with Crippen molar-refractivity contribution in [2.75, 3.05) is 23.3 Å². The number of esters is 1. The number of sulfonamides is 1. The Hall–Kier alpha value is -3.85. The highest BCUT2D eigenvalue weighted by Crippen LogP contribution is 2.20. The minimum absolute atomic E-state index is 0.0777. The SMILES string of the molecule is CCOc1ccc(S(=O)(=O)Nc2ccc(C(=O)OCC(=O)Nc3ccccc3)cc2)cc1. The van der Waals surface area contributed by atoms with Gasteiger partial charge in [-0.15, -0.1) is 0 Å². The summed E-state index contributed by atoms with van der Waals surface area (Å²) < 4.78 is 37.8. The Morgan fingerprint density at radius 2 is 1.50 bits per heavy atom. The van der Waals surface area contributed by atoms with Crippen molar-refractivity contribution in [3.8, 4) is 5.75 Å². The Morgan fingerprint density at radius 1 is 0.844 bits per heavy atom. The summed E-state index contributed by atoms with van der Waals surface area (Å²) in [5.74, 6) is -0.592. The Kier molecular flexibility index (Phi) is 7.45. The molecule has 2 N–H and O–H groups in total. The van der Waals surface area contributed by atoms with E-state index < -0.39 is 28.5 Å². The van der Waals surface area contributed by atoms with Crippen LogP contribution in [0, 0.1) is 0 Å². The number of anilines is 2. The summed E-state index contributed by atoms with van der Waals surface area (Å²) in [6.45, 7) is 1.88. The second kappa shape index (κ2) is 10.5. The normalized spacial score (nSPS) is 10.8. The van der Waals surface area contributed by atoms with Crippen LogP contribution >= 0.6 is 0 Å². The van der Waals surface area contributed by atoms with Crippen LogP contribution in [0.2, 0.25) is 0 Å². The van der Waals surface area contributed by atoms with Gasteiger partial charge in [0.25, 0.3) is 15.9 Å². The molecule has 0 fully saturated rings. The summed E-state index contributed by atoms with van der Waals surface area (Å²) >= 11 is 0. The van der Waals surface area contributed by atoms with Crippen molar-refractivity contribution >= 4 is 33.3 Å². The second-order valence-corrected chi connectivity index (χ2v) is 8.26. The van der Waals surface area contributed by atoms with E-state index in [9.17, 15) is 18.0 Å². The largest absolute Gasteiger partial charge is 0.494 e. The van der Waals surface area contributed by atoms with Crippen LogP contribution < -0.4 is 14.8 Å². The van der Waals surface area contributed by atoms with Crippen LogP contribution in [-0.4, -0.2) is 33.5 Å². The molecule has 9 heteroatoms. The van der Waals surface area contributed by atoms with Gasteiger partial charge in [-0.25, -0.2) is 13.2 Å². The van der Waals surface area contributed by atoms with E-state index in [1.165, 1.54) is 36.4 Å². The predicted molar refractivity (Wildman–Crippen MR) is 120 cm³/mol. The molecule has 0 spiro atoms. The third kappa shape index (κ3) is 6.32. The fourth-order valence-corrected chi connectivity index (χ4v) is 3.76. The number of hydrogen-bond acceptors (Lipinski definition) is 6. The molecule has 0 radical (unpaired) electrons. The average molecular weight is 455 g/mol.